The van der Waals surface area contributed by atoms with Crippen molar-refractivity contribution in [3.05, 3.63) is 70.8 Å². The fourth-order valence-corrected chi connectivity index (χ4v) is 6.03. The van der Waals surface area contributed by atoms with Gasteiger partial charge in [-0.2, -0.15) is 5.10 Å². The number of ether oxygens (including phenoxy) is 1. The van der Waals surface area contributed by atoms with Gasteiger partial charge < -0.3 is 9.64 Å². The quantitative estimate of drug-likeness (QED) is 0.408. The molecule has 0 spiro atoms. The van der Waals surface area contributed by atoms with Gasteiger partial charge in [0.2, 0.25) is 5.91 Å². The lowest BCUT2D eigenvalue weighted by Crippen LogP contribution is -2.39. The summed E-state index contributed by atoms with van der Waals surface area (Å²) >= 11 is 0. The summed E-state index contributed by atoms with van der Waals surface area (Å²) in [7, 11) is 1.71. The third-order valence-electron chi connectivity index (χ3n) is 8.36. The van der Waals surface area contributed by atoms with Gasteiger partial charge in [0, 0.05) is 17.6 Å². The van der Waals surface area contributed by atoms with Crippen molar-refractivity contribution >= 4 is 17.8 Å². The molecule has 2 aromatic rings. The minimum absolute atomic E-state index is 0.0470. The third-order valence-corrected chi connectivity index (χ3v) is 8.36. The largest absolute Gasteiger partial charge is 0.497 e. The zero-order valence-electron chi connectivity index (χ0n) is 22.7. The van der Waals surface area contributed by atoms with Crippen molar-refractivity contribution in [3.63, 3.8) is 0 Å². The molecular formula is C32H41N3O2. The Morgan fingerprint density at radius 2 is 1.84 bits per heavy atom. The van der Waals surface area contributed by atoms with Gasteiger partial charge in [0.1, 0.15) is 5.75 Å². The number of hydrogen-bond acceptors (Lipinski definition) is 4. The second-order valence-corrected chi connectivity index (χ2v) is 11.2. The molecule has 1 saturated carbocycles. The molecular weight excluding hydrogens is 458 g/mol. The molecule has 3 aliphatic rings. The lowest BCUT2D eigenvalue weighted by molar-refractivity contribution is -0.122. The van der Waals surface area contributed by atoms with Crippen LogP contribution in [-0.4, -0.2) is 43.4 Å². The normalized spacial score (nSPS) is 19.9. The Bertz CT molecular complexity index is 1150. The van der Waals surface area contributed by atoms with E-state index in [2.05, 4.69) is 61.3 Å². The molecule has 5 rings (SSSR count). The van der Waals surface area contributed by atoms with E-state index >= 15 is 0 Å². The van der Waals surface area contributed by atoms with Crippen LogP contribution in [0.1, 0.15) is 75.0 Å². The minimum atomic E-state index is -0.0470. The van der Waals surface area contributed by atoms with E-state index in [1.54, 1.807) is 7.11 Å². The van der Waals surface area contributed by atoms with E-state index in [0.717, 1.165) is 49.2 Å². The third kappa shape index (κ3) is 5.92. The summed E-state index contributed by atoms with van der Waals surface area (Å²) in [6, 6.07) is 15.5. The van der Waals surface area contributed by atoms with Gasteiger partial charge in [0.25, 0.3) is 0 Å². The first-order chi connectivity index (χ1) is 18.0. The molecule has 0 N–H and O–H groups in total. The predicted octanol–water partition coefficient (Wildman–Crippen LogP) is 6.52. The average Bonchev–Trinajstić information content (AvgIpc) is 3.38. The van der Waals surface area contributed by atoms with E-state index in [4.69, 9.17) is 9.84 Å². The molecule has 5 nitrogen and oxygen atoms in total. The number of carbonyl (C=O) groups is 1. The molecule has 2 aromatic carbocycles. The van der Waals surface area contributed by atoms with Crippen molar-refractivity contribution < 1.29 is 9.53 Å². The van der Waals surface area contributed by atoms with Gasteiger partial charge in [0.15, 0.2) is 0 Å². The van der Waals surface area contributed by atoms with Crippen LogP contribution in [0.3, 0.4) is 0 Å². The van der Waals surface area contributed by atoms with E-state index in [0.29, 0.717) is 18.5 Å². The highest BCUT2D eigenvalue weighted by Gasteiger charge is 2.29. The van der Waals surface area contributed by atoms with Crippen molar-refractivity contribution in [2.24, 2.45) is 11.0 Å². The van der Waals surface area contributed by atoms with Gasteiger partial charge in [-0.25, -0.2) is 0 Å². The molecule has 0 aromatic heterocycles. The highest BCUT2D eigenvalue weighted by atomic mass is 16.5. The Kier molecular flexibility index (Phi) is 7.97. The number of aryl methyl sites for hydroxylation is 1. The summed E-state index contributed by atoms with van der Waals surface area (Å²) in [5, 5.41) is 7.03. The van der Waals surface area contributed by atoms with Crippen LogP contribution in [0.4, 0.5) is 5.69 Å². The Labute approximate surface area is 222 Å². The molecule has 1 aliphatic heterocycles. The molecule has 1 atom stereocenters. The van der Waals surface area contributed by atoms with Gasteiger partial charge in [-0.1, -0.05) is 51.0 Å². The summed E-state index contributed by atoms with van der Waals surface area (Å²) in [5.74, 6) is 1.49. The smallest absolute Gasteiger partial charge is 0.230 e. The summed E-state index contributed by atoms with van der Waals surface area (Å²) in [5.41, 5.74) is 5.97. The SMILES string of the molecule is COc1ccc2c(c1)CC(C(=O)N(CC1=CCN(C3CCCC3)N=C1)c1ccc(C(C)C)cc1)CCC2. The molecule has 1 amide bonds. The van der Waals surface area contributed by atoms with Crippen molar-refractivity contribution in [1.29, 1.82) is 0 Å². The van der Waals surface area contributed by atoms with Crippen LogP contribution in [0.15, 0.2) is 59.2 Å². The van der Waals surface area contributed by atoms with E-state index in [1.165, 1.54) is 42.4 Å². The van der Waals surface area contributed by atoms with Crippen LogP contribution in [0, 0.1) is 5.92 Å². The van der Waals surface area contributed by atoms with E-state index in [-0.39, 0.29) is 11.8 Å². The Balaban J connectivity index is 1.38. The fraction of sp³-hybridized carbons (Fsp3) is 0.500. The van der Waals surface area contributed by atoms with Crippen molar-refractivity contribution in [2.45, 2.75) is 77.2 Å². The zero-order valence-corrected chi connectivity index (χ0v) is 22.7. The first kappa shape index (κ1) is 25.6. The van der Waals surface area contributed by atoms with E-state index in [9.17, 15) is 4.79 Å². The number of benzene rings is 2. The molecule has 1 heterocycles. The molecule has 1 unspecified atom stereocenters. The van der Waals surface area contributed by atoms with Gasteiger partial charge >= 0.3 is 0 Å². The number of anilines is 1. The number of amides is 1. The molecule has 196 valence electrons. The molecule has 1 fully saturated rings. The molecule has 0 bridgehead atoms. The van der Waals surface area contributed by atoms with Crippen LogP contribution in [-0.2, 0) is 17.6 Å². The highest BCUT2D eigenvalue weighted by Crippen LogP contribution is 2.31. The summed E-state index contributed by atoms with van der Waals surface area (Å²) < 4.78 is 5.49. The molecule has 37 heavy (non-hydrogen) atoms. The first-order valence-corrected chi connectivity index (χ1v) is 14.1. The standard InChI is InChI=1S/C32H41N3O2/c1-23(2)25-11-14-29(15-12-25)34(22-24-17-18-35(33-21-24)30-9-4-5-10-30)32(36)27-8-6-7-26-13-16-31(37-3)20-28(26)19-27/h11-17,20-21,23,27,30H,4-10,18-19,22H2,1-3H3. The maximum Gasteiger partial charge on any atom is 0.230 e. The number of rotatable bonds is 7. The number of methoxy groups -OCH3 is 1. The van der Waals surface area contributed by atoms with Crippen LogP contribution in [0.2, 0.25) is 0 Å². The average molecular weight is 500 g/mol. The van der Waals surface area contributed by atoms with Gasteiger partial charge in [-0.05, 0) is 91.0 Å². The zero-order chi connectivity index (χ0) is 25.8. The second kappa shape index (κ2) is 11.5. The summed E-state index contributed by atoms with van der Waals surface area (Å²) in [6.45, 7) is 5.80. The number of fused-ring (bicyclic) bond motifs is 1. The summed E-state index contributed by atoms with van der Waals surface area (Å²) in [4.78, 5) is 16.2. The van der Waals surface area contributed by atoms with Crippen LogP contribution >= 0.6 is 0 Å². The molecule has 2 aliphatic carbocycles. The van der Waals surface area contributed by atoms with Gasteiger partial charge in [-0.3, -0.25) is 9.80 Å². The monoisotopic (exact) mass is 499 g/mol. The van der Waals surface area contributed by atoms with Crippen LogP contribution in [0.5, 0.6) is 5.75 Å². The number of nitrogens with zero attached hydrogens (tertiary/aromatic N) is 3. The number of hydrazone groups is 1. The van der Waals surface area contributed by atoms with E-state index in [1.807, 2.05) is 17.2 Å². The lowest BCUT2D eigenvalue weighted by Gasteiger charge is -2.31. The van der Waals surface area contributed by atoms with E-state index < -0.39 is 0 Å². The number of carbonyl (C=O) groups excluding carboxylic acids is 1. The first-order valence-electron chi connectivity index (χ1n) is 14.1. The summed E-state index contributed by atoms with van der Waals surface area (Å²) in [6.07, 6.45) is 13.0. The van der Waals surface area contributed by atoms with Gasteiger partial charge in [-0.15, -0.1) is 0 Å². The second-order valence-electron chi connectivity index (χ2n) is 11.2. The maximum atomic E-state index is 14.2. The molecule has 0 saturated heterocycles. The topological polar surface area (TPSA) is 45.1 Å². The van der Waals surface area contributed by atoms with Crippen molar-refractivity contribution in [1.82, 2.24) is 5.01 Å². The minimum Gasteiger partial charge on any atom is -0.497 e. The Morgan fingerprint density at radius 1 is 1.05 bits per heavy atom. The Morgan fingerprint density at radius 3 is 2.51 bits per heavy atom. The predicted molar refractivity (Wildman–Crippen MR) is 152 cm³/mol. The fourth-order valence-electron chi connectivity index (χ4n) is 6.03. The van der Waals surface area contributed by atoms with Crippen LogP contribution in [0.25, 0.3) is 0 Å². The van der Waals surface area contributed by atoms with Crippen molar-refractivity contribution in [2.75, 3.05) is 25.1 Å². The molecule has 5 heteroatoms. The number of hydrogen-bond donors (Lipinski definition) is 0. The lowest BCUT2D eigenvalue weighted by atomic mass is 9.94. The van der Waals surface area contributed by atoms with Gasteiger partial charge in [0.05, 0.1) is 26.4 Å². The highest BCUT2D eigenvalue weighted by molar-refractivity contribution is 5.97. The Hall–Kier alpha value is -3.08. The van der Waals surface area contributed by atoms with Crippen molar-refractivity contribution in [3.8, 4) is 5.75 Å². The molecule has 0 radical (unpaired) electrons. The maximum absolute atomic E-state index is 14.2. The van der Waals surface area contributed by atoms with Crippen LogP contribution < -0.4 is 9.64 Å².